The normalized spacial score (nSPS) is 12.1. The first-order valence-electron chi connectivity index (χ1n) is 5.65. The third-order valence-electron chi connectivity index (χ3n) is 2.11. The van der Waals surface area contributed by atoms with E-state index in [2.05, 4.69) is 12.2 Å². The summed E-state index contributed by atoms with van der Waals surface area (Å²) in [7, 11) is 0. The third kappa shape index (κ3) is 9.83. The van der Waals surface area contributed by atoms with Gasteiger partial charge in [0.25, 0.3) is 0 Å². The molecule has 0 fully saturated rings. The molecule has 0 bridgehead atoms. The molecule has 16 heavy (non-hydrogen) atoms. The monoisotopic (exact) mass is 247 g/mol. The average molecular weight is 247 g/mol. The van der Waals surface area contributed by atoms with Gasteiger partial charge in [-0.15, -0.1) is 11.8 Å². The van der Waals surface area contributed by atoms with Gasteiger partial charge in [0.15, 0.2) is 0 Å². The van der Waals surface area contributed by atoms with Gasteiger partial charge in [0.2, 0.25) is 5.91 Å². The van der Waals surface area contributed by atoms with Crippen LogP contribution in [0.3, 0.4) is 0 Å². The Hall–Kier alpha value is -0.710. The lowest BCUT2D eigenvalue weighted by molar-refractivity contribution is -0.133. The quantitative estimate of drug-likeness (QED) is 0.611. The van der Waals surface area contributed by atoms with Crippen LogP contribution < -0.4 is 5.32 Å². The molecule has 5 heteroatoms. The lowest BCUT2D eigenvalue weighted by Crippen LogP contribution is -2.34. The topological polar surface area (TPSA) is 66.4 Å². The first kappa shape index (κ1) is 15.3. The number of carboxylic acid groups (broad SMARTS) is 1. The minimum absolute atomic E-state index is 0.0162. The summed E-state index contributed by atoms with van der Waals surface area (Å²) in [4.78, 5) is 21.6. The predicted octanol–water partition coefficient (Wildman–Crippen LogP) is 1.89. The maximum Gasteiger partial charge on any atom is 0.313 e. The molecule has 1 amide bonds. The van der Waals surface area contributed by atoms with Crippen molar-refractivity contribution < 1.29 is 14.7 Å². The molecule has 0 aliphatic rings. The first-order chi connectivity index (χ1) is 7.56. The molecule has 0 aromatic rings. The fourth-order valence-electron chi connectivity index (χ4n) is 1.32. The number of unbranched alkanes of at least 4 members (excludes halogenated alkanes) is 2. The second kappa shape index (κ2) is 9.51. The summed E-state index contributed by atoms with van der Waals surface area (Å²) < 4.78 is 0. The van der Waals surface area contributed by atoms with E-state index in [4.69, 9.17) is 5.11 Å². The van der Waals surface area contributed by atoms with E-state index in [0.717, 1.165) is 24.6 Å². The Kier molecular flexibility index (Phi) is 9.09. The molecule has 0 aliphatic heterocycles. The van der Waals surface area contributed by atoms with Crippen LogP contribution in [0.2, 0.25) is 0 Å². The maximum absolute atomic E-state index is 11.3. The summed E-state index contributed by atoms with van der Waals surface area (Å²) >= 11 is 1.13. The van der Waals surface area contributed by atoms with Crippen molar-refractivity contribution in [3.63, 3.8) is 0 Å². The van der Waals surface area contributed by atoms with E-state index in [0.29, 0.717) is 0 Å². The predicted molar refractivity (Wildman–Crippen MR) is 66.7 cm³/mol. The van der Waals surface area contributed by atoms with Crippen molar-refractivity contribution in [2.24, 2.45) is 0 Å². The Balaban J connectivity index is 3.50. The SMILES string of the molecule is CCCCCC(C)NC(=O)CSCC(=O)O. The molecule has 4 nitrogen and oxygen atoms in total. The third-order valence-corrected chi connectivity index (χ3v) is 3.02. The molecule has 0 aromatic heterocycles. The fraction of sp³-hybridized carbons (Fsp3) is 0.818. The van der Waals surface area contributed by atoms with Crippen molar-refractivity contribution in [1.29, 1.82) is 0 Å². The lowest BCUT2D eigenvalue weighted by atomic mass is 10.1. The van der Waals surface area contributed by atoms with Crippen LogP contribution in [-0.2, 0) is 9.59 Å². The lowest BCUT2D eigenvalue weighted by Gasteiger charge is -2.13. The molecule has 0 heterocycles. The molecule has 0 aliphatic carbocycles. The maximum atomic E-state index is 11.3. The smallest absolute Gasteiger partial charge is 0.313 e. The van der Waals surface area contributed by atoms with Crippen molar-refractivity contribution in [1.82, 2.24) is 5.32 Å². The van der Waals surface area contributed by atoms with Gasteiger partial charge in [0.1, 0.15) is 0 Å². The number of aliphatic carboxylic acids is 1. The van der Waals surface area contributed by atoms with E-state index >= 15 is 0 Å². The van der Waals surface area contributed by atoms with Crippen LogP contribution in [0, 0.1) is 0 Å². The number of nitrogens with one attached hydrogen (secondary N) is 1. The zero-order valence-electron chi connectivity index (χ0n) is 9.99. The Morgan fingerprint density at radius 1 is 1.31 bits per heavy atom. The zero-order chi connectivity index (χ0) is 12.4. The van der Waals surface area contributed by atoms with Gasteiger partial charge in [-0.1, -0.05) is 26.2 Å². The van der Waals surface area contributed by atoms with Gasteiger partial charge < -0.3 is 10.4 Å². The molecule has 1 atom stereocenters. The summed E-state index contributed by atoms with van der Waals surface area (Å²) in [5.41, 5.74) is 0. The summed E-state index contributed by atoms with van der Waals surface area (Å²) in [5.74, 6) is -0.744. The molecular formula is C11H21NO3S. The number of carboxylic acids is 1. The van der Waals surface area contributed by atoms with Gasteiger partial charge in [-0.2, -0.15) is 0 Å². The highest BCUT2D eigenvalue weighted by Crippen LogP contribution is 2.04. The minimum Gasteiger partial charge on any atom is -0.481 e. The fourth-order valence-corrected chi connectivity index (χ4v) is 1.87. The van der Waals surface area contributed by atoms with Crippen LogP contribution in [0.15, 0.2) is 0 Å². The van der Waals surface area contributed by atoms with Crippen LogP contribution in [0.5, 0.6) is 0 Å². The molecule has 2 N–H and O–H groups in total. The number of rotatable bonds is 9. The minimum atomic E-state index is -0.881. The summed E-state index contributed by atoms with van der Waals surface area (Å²) in [5, 5.41) is 11.3. The Bertz CT molecular complexity index is 221. The number of hydrogen-bond donors (Lipinski definition) is 2. The van der Waals surface area contributed by atoms with E-state index in [1.165, 1.54) is 12.8 Å². The summed E-state index contributed by atoms with van der Waals surface area (Å²) in [6.45, 7) is 4.13. The van der Waals surface area contributed by atoms with Crippen LogP contribution in [0.25, 0.3) is 0 Å². The van der Waals surface area contributed by atoms with Crippen molar-refractivity contribution in [2.45, 2.75) is 45.6 Å². The highest BCUT2D eigenvalue weighted by molar-refractivity contribution is 8.00. The van der Waals surface area contributed by atoms with Gasteiger partial charge in [-0.3, -0.25) is 9.59 Å². The van der Waals surface area contributed by atoms with Crippen LogP contribution in [0.4, 0.5) is 0 Å². The largest absolute Gasteiger partial charge is 0.481 e. The number of carbonyl (C=O) groups excluding carboxylic acids is 1. The highest BCUT2D eigenvalue weighted by Gasteiger charge is 2.07. The van der Waals surface area contributed by atoms with Gasteiger partial charge in [0, 0.05) is 6.04 Å². The number of hydrogen-bond acceptors (Lipinski definition) is 3. The summed E-state index contributed by atoms with van der Waals surface area (Å²) in [6.07, 6.45) is 4.48. The van der Waals surface area contributed by atoms with Crippen LogP contribution in [-0.4, -0.2) is 34.5 Å². The molecule has 0 aromatic carbocycles. The van der Waals surface area contributed by atoms with E-state index < -0.39 is 5.97 Å². The Labute approximate surface area is 101 Å². The summed E-state index contributed by atoms with van der Waals surface area (Å²) in [6, 6.07) is 0.185. The van der Waals surface area contributed by atoms with Gasteiger partial charge >= 0.3 is 5.97 Å². The Morgan fingerprint density at radius 2 is 2.00 bits per heavy atom. The zero-order valence-corrected chi connectivity index (χ0v) is 10.8. The second-order valence-electron chi connectivity index (χ2n) is 3.85. The van der Waals surface area contributed by atoms with E-state index in [9.17, 15) is 9.59 Å². The molecule has 0 radical (unpaired) electrons. The second-order valence-corrected chi connectivity index (χ2v) is 4.84. The number of amides is 1. The van der Waals surface area contributed by atoms with E-state index in [1.54, 1.807) is 0 Å². The number of carbonyl (C=O) groups is 2. The van der Waals surface area contributed by atoms with Gasteiger partial charge in [0.05, 0.1) is 11.5 Å². The number of thioether (sulfide) groups is 1. The average Bonchev–Trinajstić information content (AvgIpc) is 2.17. The van der Waals surface area contributed by atoms with Crippen LogP contribution >= 0.6 is 11.8 Å². The molecule has 0 saturated heterocycles. The molecule has 94 valence electrons. The molecule has 1 unspecified atom stereocenters. The molecular weight excluding hydrogens is 226 g/mol. The Morgan fingerprint density at radius 3 is 2.56 bits per heavy atom. The molecule has 0 saturated carbocycles. The van der Waals surface area contributed by atoms with Crippen molar-refractivity contribution in [3.05, 3.63) is 0 Å². The van der Waals surface area contributed by atoms with Crippen molar-refractivity contribution in [2.75, 3.05) is 11.5 Å². The molecule has 0 rings (SSSR count). The molecule has 0 spiro atoms. The van der Waals surface area contributed by atoms with Crippen molar-refractivity contribution >= 4 is 23.6 Å². The first-order valence-corrected chi connectivity index (χ1v) is 6.80. The van der Waals surface area contributed by atoms with Gasteiger partial charge in [-0.05, 0) is 13.3 Å². The van der Waals surface area contributed by atoms with Crippen molar-refractivity contribution in [3.8, 4) is 0 Å². The highest BCUT2D eigenvalue weighted by atomic mass is 32.2. The van der Waals surface area contributed by atoms with E-state index in [-0.39, 0.29) is 23.5 Å². The standard InChI is InChI=1S/C11H21NO3S/c1-3-4-5-6-9(2)12-10(13)7-16-8-11(14)15/h9H,3-8H2,1-2H3,(H,12,13)(H,14,15). The van der Waals surface area contributed by atoms with Crippen LogP contribution in [0.1, 0.15) is 39.5 Å². The van der Waals surface area contributed by atoms with Gasteiger partial charge in [-0.25, -0.2) is 0 Å². The van der Waals surface area contributed by atoms with E-state index in [1.807, 2.05) is 6.92 Å².